The molecule has 0 aromatic carbocycles. The van der Waals surface area contributed by atoms with Crippen LogP contribution in [-0.4, -0.2) is 18.0 Å². The molecule has 0 heterocycles. The van der Waals surface area contributed by atoms with Crippen LogP contribution in [0.5, 0.6) is 0 Å². The van der Waals surface area contributed by atoms with Crippen LogP contribution < -0.4 is 5.73 Å². The van der Waals surface area contributed by atoms with Gasteiger partial charge in [0.15, 0.2) is 0 Å². The summed E-state index contributed by atoms with van der Waals surface area (Å²) in [5.41, 5.74) is 5.32. The van der Waals surface area contributed by atoms with Gasteiger partial charge in [-0.2, -0.15) is 0 Å². The van der Waals surface area contributed by atoms with E-state index in [2.05, 4.69) is 25.3 Å². The van der Waals surface area contributed by atoms with Crippen molar-refractivity contribution in [3.63, 3.8) is 0 Å². The lowest BCUT2D eigenvalue weighted by Gasteiger charge is -2.29. The van der Waals surface area contributed by atoms with Crippen LogP contribution in [0.3, 0.4) is 0 Å². The van der Waals surface area contributed by atoms with Crippen molar-refractivity contribution in [2.24, 2.45) is 11.7 Å². The minimum absolute atomic E-state index is 0.502. The molecule has 0 amide bonds. The highest BCUT2D eigenvalue weighted by Gasteiger charge is 2.13. The molecule has 0 bridgehead atoms. The first-order valence-electron chi connectivity index (χ1n) is 4.34. The van der Waals surface area contributed by atoms with E-state index in [1.807, 2.05) is 19.3 Å². The highest BCUT2D eigenvalue weighted by molar-refractivity contribution is 4.87. The van der Waals surface area contributed by atoms with E-state index in [1.54, 1.807) is 6.20 Å². The molecule has 2 heteroatoms. The Labute approximate surface area is 75.7 Å². The molecule has 2 N–H and O–H groups in total. The summed E-state index contributed by atoms with van der Waals surface area (Å²) in [6.45, 7) is 8.15. The molecule has 2 nitrogen and oxygen atoms in total. The molecule has 1 atom stereocenters. The zero-order valence-electron chi connectivity index (χ0n) is 8.33. The smallest absolute Gasteiger partial charge is 0.0338 e. The van der Waals surface area contributed by atoms with E-state index < -0.39 is 0 Å². The Morgan fingerprint density at radius 2 is 2.08 bits per heavy atom. The molecule has 0 radical (unpaired) electrons. The average Bonchev–Trinajstić information content (AvgIpc) is 1.99. The topological polar surface area (TPSA) is 29.3 Å². The highest BCUT2D eigenvalue weighted by Crippen LogP contribution is 2.13. The maximum absolute atomic E-state index is 5.32. The summed E-state index contributed by atoms with van der Waals surface area (Å²) in [6.07, 6.45) is 6.41. The fourth-order valence-electron chi connectivity index (χ4n) is 1.33. The van der Waals surface area contributed by atoms with Gasteiger partial charge in [-0.05, 0) is 12.3 Å². The summed E-state index contributed by atoms with van der Waals surface area (Å²) in [5, 5.41) is 0. The molecule has 70 valence electrons. The largest absolute Gasteiger partial charge is 0.403 e. The third kappa shape index (κ3) is 3.46. The van der Waals surface area contributed by atoms with E-state index in [-0.39, 0.29) is 0 Å². The average molecular weight is 168 g/mol. The van der Waals surface area contributed by atoms with Crippen LogP contribution in [-0.2, 0) is 0 Å². The fourth-order valence-corrected chi connectivity index (χ4v) is 1.33. The third-order valence-corrected chi connectivity index (χ3v) is 2.02. The predicted octanol–water partition coefficient (Wildman–Crippen LogP) is 1.95. The van der Waals surface area contributed by atoms with Gasteiger partial charge in [0.1, 0.15) is 0 Å². The maximum atomic E-state index is 5.32. The number of hydrogen-bond acceptors (Lipinski definition) is 2. The van der Waals surface area contributed by atoms with Gasteiger partial charge in [-0.3, -0.25) is 0 Å². The molecular weight excluding hydrogens is 148 g/mol. The van der Waals surface area contributed by atoms with E-state index in [0.717, 1.165) is 6.42 Å². The molecule has 0 aliphatic heterocycles. The van der Waals surface area contributed by atoms with Crippen LogP contribution in [0.25, 0.3) is 0 Å². The Balaban J connectivity index is 4.17. The van der Waals surface area contributed by atoms with Crippen LogP contribution in [0.15, 0.2) is 25.1 Å². The lowest BCUT2D eigenvalue weighted by molar-refractivity contribution is 0.260. The highest BCUT2D eigenvalue weighted by atomic mass is 15.1. The Morgan fingerprint density at radius 3 is 2.42 bits per heavy atom. The van der Waals surface area contributed by atoms with Gasteiger partial charge in [0.2, 0.25) is 0 Å². The Bertz CT molecular complexity index is 150. The van der Waals surface area contributed by atoms with Crippen LogP contribution in [0, 0.1) is 5.92 Å². The van der Waals surface area contributed by atoms with E-state index in [0.29, 0.717) is 12.0 Å². The van der Waals surface area contributed by atoms with Crippen molar-refractivity contribution in [2.75, 3.05) is 7.05 Å². The summed E-state index contributed by atoms with van der Waals surface area (Å²) in [7, 11) is 2.04. The summed E-state index contributed by atoms with van der Waals surface area (Å²) in [6, 6.07) is 0.502. The molecule has 0 saturated carbocycles. The summed E-state index contributed by atoms with van der Waals surface area (Å²) < 4.78 is 0. The van der Waals surface area contributed by atoms with Crippen LogP contribution in [0.4, 0.5) is 0 Å². The second-order valence-electron chi connectivity index (χ2n) is 3.34. The van der Waals surface area contributed by atoms with E-state index >= 15 is 0 Å². The van der Waals surface area contributed by atoms with Crippen LogP contribution >= 0.6 is 0 Å². The molecule has 1 unspecified atom stereocenters. The molecule has 0 aromatic heterocycles. The molecule has 0 fully saturated rings. The van der Waals surface area contributed by atoms with Crippen LogP contribution in [0.1, 0.15) is 20.3 Å². The molecule has 0 aliphatic carbocycles. The zero-order chi connectivity index (χ0) is 9.56. The van der Waals surface area contributed by atoms with Gasteiger partial charge in [-0.25, -0.2) is 0 Å². The van der Waals surface area contributed by atoms with Gasteiger partial charge in [0.05, 0.1) is 0 Å². The monoisotopic (exact) mass is 168 g/mol. The molecule has 0 saturated heterocycles. The van der Waals surface area contributed by atoms with Crippen molar-refractivity contribution in [3.05, 3.63) is 25.1 Å². The first-order chi connectivity index (χ1) is 5.63. The standard InChI is InChI=1S/C10H20N2/c1-5-6-10(9(2)3)12(4)8-7-11/h5,7-10H,1,6,11H2,2-4H3/b8-7-. The molecule has 0 aromatic rings. The van der Waals surface area contributed by atoms with Gasteiger partial charge in [0.25, 0.3) is 0 Å². The fraction of sp³-hybridized carbons (Fsp3) is 0.600. The SMILES string of the molecule is C=CCC(C(C)C)N(C)/C=C\N. The quantitative estimate of drug-likeness (QED) is 0.636. The van der Waals surface area contributed by atoms with Crippen molar-refractivity contribution in [1.29, 1.82) is 0 Å². The summed E-state index contributed by atoms with van der Waals surface area (Å²) in [4.78, 5) is 2.13. The number of nitrogens with zero attached hydrogens (tertiary/aromatic N) is 1. The molecule has 0 spiro atoms. The van der Waals surface area contributed by atoms with E-state index in [9.17, 15) is 0 Å². The van der Waals surface area contributed by atoms with Gasteiger partial charge in [0, 0.05) is 25.5 Å². The number of nitrogens with two attached hydrogens (primary N) is 1. The van der Waals surface area contributed by atoms with Gasteiger partial charge in [-0.15, -0.1) is 6.58 Å². The predicted molar refractivity (Wildman–Crippen MR) is 54.5 cm³/mol. The van der Waals surface area contributed by atoms with Crippen molar-refractivity contribution in [1.82, 2.24) is 4.90 Å². The minimum Gasteiger partial charge on any atom is -0.403 e. The maximum Gasteiger partial charge on any atom is 0.0338 e. The van der Waals surface area contributed by atoms with Gasteiger partial charge < -0.3 is 10.6 Å². The Morgan fingerprint density at radius 1 is 1.50 bits per heavy atom. The third-order valence-electron chi connectivity index (χ3n) is 2.02. The first-order valence-corrected chi connectivity index (χ1v) is 4.34. The lowest BCUT2D eigenvalue weighted by Crippen LogP contribution is -2.31. The van der Waals surface area contributed by atoms with Crippen molar-refractivity contribution in [2.45, 2.75) is 26.3 Å². The number of hydrogen-bond donors (Lipinski definition) is 1. The van der Waals surface area contributed by atoms with E-state index in [1.165, 1.54) is 0 Å². The van der Waals surface area contributed by atoms with E-state index in [4.69, 9.17) is 5.73 Å². The first kappa shape index (κ1) is 11.1. The van der Waals surface area contributed by atoms with Gasteiger partial charge >= 0.3 is 0 Å². The second-order valence-corrected chi connectivity index (χ2v) is 3.34. The Kier molecular flexibility index (Phi) is 5.26. The second kappa shape index (κ2) is 5.70. The molecular formula is C10H20N2. The normalized spacial score (nSPS) is 13.7. The van der Waals surface area contributed by atoms with Crippen molar-refractivity contribution in [3.8, 4) is 0 Å². The molecule has 0 rings (SSSR count). The van der Waals surface area contributed by atoms with Crippen LogP contribution in [0.2, 0.25) is 0 Å². The summed E-state index contributed by atoms with van der Waals surface area (Å²) in [5.74, 6) is 0.615. The van der Waals surface area contributed by atoms with Crippen molar-refractivity contribution >= 4 is 0 Å². The zero-order valence-corrected chi connectivity index (χ0v) is 8.33. The van der Waals surface area contributed by atoms with Crippen molar-refractivity contribution < 1.29 is 0 Å². The Hall–Kier alpha value is -0.920. The summed E-state index contributed by atoms with van der Waals surface area (Å²) >= 11 is 0. The molecule has 12 heavy (non-hydrogen) atoms. The van der Waals surface area contributed by atoms with Gasteiger partial charge in [-0.1, -0.05) is 19.9 Å². The lowest BCUT2D eigenvalue weighted by atomic mass is 10.00. The minimum atomic E-state index is 0.502. The number of rotatable bonds is 5. The molecule has 0 aliphatic rings.